The van der Waals surface area contributed by atoms with Crippen molar-refractivity contribution in [3.05, 3.63) is 41.3 Å². The first-order valence-electron chi connectivity index (χ1n) is 4.21. The van der Waals surface area contributed by atoms with E-state index < -0.39 is 0 Å². The highest BCUT2D eigenvalue weighted by Crippen LogP contribution is 2.12. The Morgan fingerprint density at radius 1 is 1.31 bits per heavy atom. The van der Waals surface area contributed by atoms with Crippen molar-refractivity contribution in [3.8, 4) is 0 Å². The molecule has 2 aliphatic rings. The van der Waals surface area contributed by atoms with Gasteiger partial charge in [-0.15, -0.1) is 0 Å². The Balaban J connectivity index is 2.46. The van der Waals surface area contributed by atoms with Gasteiger partial charge in [-0.05, 0) is 18.6 Å². The van der Waals surface area contributed by atoms with E-state index in [9.17, 15) is 0 Å². The predicted molar refractivity (Wildman–Crippen MR) is 49.6 cm³/mol. The second-order valence-corrected chi connectivity index (χ2v) is 3.00. The lowest BCUT2D eigenvalue weighted by molar-refractivity contribution is 1.18. The molecule has 3 rings (SSSR count). The lowest BCUT2D eigenvalue weighted by Gasteiger charge is -2.01. The largest absolute Gasteiger partial charge is 0.254 e. The Hall–Kier alpha value is -1.77. The molecule has 2 aliphatic heterocycles. The van der Waals surface area contributed by atoms with Crippen LogP contribution in [0.25, 0.3) is 5.57 Å². The van der Waals surface area contributed by atoms with Crippen molar-refractivity contribution in [1.29, 1.82) is 0 Å². The number of nitrogens with zero attached hydrogens (tertiary/aromatic N) is 3. The maximum absolute atomic E-state index is 4.37. The van der Waals surface area contributed by atoms with Crippen molar-refractivity contribution in [2.24, 2.45) is 9.98 Å². The third-order valence-electron chi connectivity index (χ3n) is 2.19. The van der Waals surface area contributed by atoms with E-state index >= 15 is 0 Å². The molecule has 0 saturated heterocycles. The molecule has 13 heavy (non-hydrogen) atoms. The van der Waals surface area contributed by atoms with Gasteiger partial charge in [-0.2, -0.15) is 0 Å². The topological polar surface area (TPSA) is 37.6 Å². The molecule has 0 spiro atoms. The minimum absolute atomic E-state index is 0.830. The normalized spacial score (nSPS) is 17.5. The number of hydrogen-bond acceptors (Lipinski definition) is 3. The van der Waals surface area contributed by atoms with Gasteiger partial charge in [0.05, 0.1) is 10.7 Å². The molecule has 0 aliphatic carbocycles. The summed E-state index contributed by atoms with van der Waals surface area (Å²) >= 11 is 0. The number of aromatic nitrogens is 1. The Morgan fingerprint density at radius 3 is 3.31 bits per heavy atom. The van der Waals surface area contributed by atoms with Gasteiger partial charge >= 0.3 is 0 Å². The second-order valence-electron chi connectivity index (χ2n) is 3.00. The summed E-state index contributed by atoms with van der Waals surface area (Å²) in [5.41, 5.74) is 1.15. The maximum atomic E-state index is 4.37. The van der Waals surface area contributed by atoms with Gasteiger partial charge in [0, 0.05) is 18.0 Å². The highest BCUT2D eigenvalue weighted by atomic mass is 14.9. The minimum Gasteiger partial charge on any atom is -0.254 e. The third kappa shape index (κ3) is 0.869. The molecule has 3 heterocycles. The first-order chi connectivity index (χ1) is 6.45. The van der Waals surface area contributed by atoms with E-state index in [1.807, 2.05) is 18.2 Å². The van der Waals surface area contributed by atoms with Crippen molar-refractivity contribution in [1.82, 2.24) is 4.98 Å². The minimum atomic E-state index is 0.830. The average Bonchev–Trinajstić information content (AvgIpc) is 2.56. The molecule has 0 atom stereocenters. The van der Waals surface area contributed by atoms with Gasteiger partial charge in [-0.25, -0.2) is 9.98 Å². The fraction of sp³-hybridized carbons (Fsp3) is 0.100. The number of fused-ring (bicyclic) bond motifs is 2. The van der Waals surface area contributed by atoms with Crippen LogP contribution in [-0.2, 0) is 0 Å². The van der Waals surface area contributed by atoms with Gasteiger partial charge in [-0.1, -0.05) is 6.08 Å². The highest BCUT2D eigenvalue weighted by Gasteiger charge is 2.15. The summed E-state index contributed by atoms with van der Waals surface area (Å²) in [5.74, 6) is 0.830. The van der Waals surface area contributed by atoms with E-state index in [0.717, 1.165) is 28.5 Å². The summed E-state index contributed by atoms with van der Waals surface area (Å²) in [6, 6.07) is 3.87. The molecule has 0 N–H and O–H groups in total. The molecular formula is C10H7N3. The molecule has 1 aromatic rings. The summed E-state index contributed by atoms with van der Waals surface area (Å²) in [6.07, 6.45) is 6.52. The van der Waals surface area contributed by atoms with E-state index in [0.29, 0.717) is 0 Å². The maximum Gasteiger partial charge on any atom is 0.158 e. The van der Waals surface area contributed by atoms with Crippen LogP contribution in [0.15, 0.2) is 40.6 Å². The Kier molecular flexibility index (Phi) is 1.22. The van der Waals surface area contributed by atoms with Crippen molar-refractivity contribution in [3.63, 3.8) is 0 Å². The zero-order chi connectivity index (χ0) is 8.67. The molecule has 0 saturated carbocycles. The third-order valence-corrected chi connectivity index (χ3v) is 2.19. The monoisotopic (exact) mass is 169 g/mol. The number of pyridine rings is 1. The van der Waals surface area contributed by atoms with Crippen LogP contribution in [0.3, 0.4) is 0 Å². The van der Waals surface area contributed by atoms with Gasteiger partial charge in [0.15, 0.2) is 5.84 Å². The molecule has 1 aromatic heterocycles. The van der Waals surface area contributed by atoms with Crippen molar-refractivity contribution in [2.75, 3.05) is 0 Å². The van der Waals surface area contributed by atoms with E-state index in [-0.39, 0.29) is 0 Å². The molecule has 0 radical (unpaired) electrons. The van der Waals surface area contributed by atoms with Crippen LogP contribution < -0.4 is 10.7 Å². The van der Waals surface area contributed by atoms with Crippen LogP contribution >= 0.6 is 0 Å². The number of amidine groups is 1. The molecule has 0 bridgehead atoms. The van der Waals surface area contributed by atoms with Gasteiger partial charge in [-0.3, -0.25) is 4.98 Å². The van der Waals surface area contributed by atoms with Crippen molar-refractivity contribution < 1.29 is 0 Å². The van der Waals surface area contributed by atoms with Crippen LogP contribution in [0, 0.1) is 0 Å². The van der Waals surface area contributed by atoms with Crippen LogP contribution in [0.2, 0.25) is 0 Å². The first-order valence-corrected chi connectivity index (χ1v) is 4.21. The van der Waals surface area contributed by atoms with Gasteiger partial charge in [0.1, 0.15) is 0 Å². The molecule has 0 amide bonds. The van der Waals surface area contributed by atoms with E-state index in [1.54, 1.807) is 12.4 Å². The quantitative estimate of drug-likeness (QED) is 0.546. The van der Waals surface area contributed by atoms with Gasteiger partial charge < -0.3 is 0 Å². The number of allylic oxidation sites excluding steroid dienone is 1. The summed E-state index contributed by atoms with van der Waals surface area (Å²) in [5, 5.41) is 1.94. The first kappa shape index (κ1) is 6.71. The standard InChI is InChI=1S/C10H7N3/c1-3-7-9-8(4-2-5-11-9)13-10(7)12-6-1/h1-2,4-6H,3H2. The summed E-state index contributed by atoms with van der Waals surface area (Å²) in [7, 11) is 0. The molecular weight excluding hydrogens is 162 g/mol. The molecule has 0 aromatic carbocycles. The van der Waals surface area contributed by atoms with Crippen LogP contribution in [0.4, 0.5) is 0 Å². The fourth-order valence-corrected chi connectivity index (χ4v) is 1.60. The Morgan fingerprint density at radius 2 is 2.31 bits per heavy atom. The molecule has 0 unspecified atom stereocenters. The van der Waals surface area contributed by atoms with Crippen LogP contribution in [-0.4, -0.2) is 10.8 Å². The lowest BCUT2D eigenvalue weighted by Crippen LogP contribution is -2.26. The zero-order valence-electron chi connectivity index (χ0n) is 6.94. The van der Waals surface area contributed by atoms with E-state index in [2.05, 4.69) is 15.0 Å². The van der Waals surface area contributed by atoms with E-state index in [4.69, 9.17) is 0 Å². The number of rotatable bonds is 0. The Bertz CT molecular complexity index is 538. The number of aliphatic imine (C=N–C) groups is 1. The van der Waals surface area contributed by atoms with Crippen LogP contribution in [0.5, 0.6) is 0 Å². The SMILES string of the molecule is C1=CN=C2N=c3cccnc3=C2C1. The predicted octanol–water partition coefficient (Wildman–Crippen LogP) is 0.181. The second kappa shape index (κ2) is 2.36. The summed E-state index contributed by atoms with van der Waals surface area (Å²) < 4.78 is 0. The molecule has 3 heteroatoms. The van der Waals surface area contributed by atoms with Gasteiger partial charge in [0.25, 0.3) is 0 Å². The zero-order valence-corrected chi connectivity index (χ0v) is 6.94. The van der Waals surface area contributed by atoms with E-state index in [1.165, 1.54) is 0 Å². The smallest absolute Gasteiger partial charge is 0.158 e. The fourth-order valence-electron chi connectivity index (χ4n) is 1.60. The van der Waals surface area contributed by atoms with Crippen molar-refractivity contribution >= 4 is 11.4 Å². The molecule has 0 fully saturated rings. The van der Waals surface area contributed by atoms with Crippen LogP contribution in [0.1, 0.15) is 6.42 Å². The summed E-state index contributed by atoms with van der Waals surface area (Å²) in [6.45, 7) is 0. The lowest BCUT2D eigenvalue weighted by atomic mass is 10.1. The summed E-state index contributed by atoms with van der Waals surface area (Å²) in [4.78, 5) is 12.9. The molecule has 3 nitrogen and oxygen atoms in total. The van der Waals surface area contributed by atoms with Crippen molar-refractivity contribution in [2.45, 2.75) is 6.42 Å². The average molecular weight is 169 g/mol. The number of hydrogen-bond donors (Lipinski definition) is 0. The molecule has 62 valence electrons. The Labute approximate surface area is 74.9 Å². The van der Waals surface area contributed by atoms with Gasteiger partial charge in [0.2, 0.25) is 0 Å². The highest BCUT2D eigenvalue weighted by molar-refractivity contribution is 6.19.